The topological polar surface area (TPSA) is 46.5 Å². The third-order valence-electron chi connectivity index (χ3n) is 5.74. The highest BCUT2D eigenvalue weighted by atomic mass is 32.1. The Hall–Kier alpha value is -1.99. The predicted octanol–water partition coefficient (Wildman–Crippen LogP) is 4.05. The van der Waals surface area contributed by atoms with Gasteiger partial charge in [0.15, 0.2) is 6.10 Å². The van der Waals surface area contributed by atoms with Gasteiger partial charge in [0.2, 0.25) is 5.60 Å². The van der Waals surface area contributed by atoms with E-state index < -0.39 is 11.6 Å². The number of quaternary nitrogens is 1. The van der Waals surface area contributed by atoms with E-state index in [-0.39, 0.29) is 6.10 Å². The number of likely N-dealkylation sites (N-methyl/N-ethyl adjacent to an activating group) is 1. The van der Waals surface area contributed by atoms with Crippen molar-refractivity contribution < 1.29 is 19.1 Å². The number of esters is 1. The van der Waals surface area contributed by atoms with Gasteiger partial charge in [-0.2, -0.15) is 0 Å². The lowest BCUT2D eigenvalue weighted by atomic mass is 10.00. The number of ether oxygens (including phenoxy) is 1. The first-order chi connectivity index (χ1) is 14.0. The van der Waals surface area contributed by atoms with E-state index >= 15 is 0 Å². The van der Waals surface area contributed by atoms with E-state index in [1.54, 1.807) is 12.1 Å². The van der Waals surface area contributed by atoms with Crippen LogP contribution in [0.3, 0.4) is 0 Å². The molecule has 3 heterocycles. The SMILES string of the molecule is C[N+]1(CCc2ccccc2)CCC(OC(=O)C(O)(c2cccs2)c2cccs2)C1. The molecule has 0 amide bonds. The monoisotopic (exact) mass is 428 g/mol. The van der Waals surface area contributed by atoms with Gasteiger partial charge < -0.3 is 14.3 Å². The maximum atomic E-state index is 13.1. The Morgan fingerprint density at radius 3 is 2.34 bits per heavy atom. The van der Waals surface area contributed by atoms with Crippen LogP contribution in [0.2, 0.25) is 0 Å². The third kappa shape index (κ3) is 4.31. The van der Waals surface area contributed by atoms with Crippen LogP contribution in [0.4, 0.5) is 0 Å². The van der Waals surface area contributed by atoms with Crippen LogP contribution in [-0.4, -0.2) is 48.3 Å². The summed E-state index contributed by atoms with van der Waals surface area (Å²) in [5, 5.41) is 15.1. The zero-order chi connectivity index (χ0) is 20.3. The van der Waals surface area contributed by atoms with Crippen LogP contribution in [0, 0.1) is 0 Å². The Bertz CT molecular complexity index is 890. The Kier molecular flexibility index (Phi) is 5.88. The lowest BCUT2D eigenvalue weighted by molar-refractivity contribution is -0.898. The number of nitrogens with zero attached hydrogens (tertiary/aromatic N) is 1. The number of carbonyl (C=O) groups is 1. The molecule has 1 aliphatic heterocycles. The fourth-order valence-corrected chi connectivity index (χ4v) is 5.72. The molecule has 2 aromatic heterocycles. The Morgan fingerprint density at radius 2 is 1.76 bits per heavy atom. The second-order valence-electron chi connectivity index (χ2n) is 7.97. The van der Waals surface area contributed by atoms with Gasteiger partial charge >= 0.3 is 5.97 Å². The second kappa shape index (κ2) is 8.40. The van der Waals surface area contributed by atoms with Crippen molar-refractivity contribution in [2.75, 3.05) is 26.7 Å². The largest absolute Gasteiger partial charge is 0.453 e. The Labute approximate surface area is 179 Å². The molecule has 0 aliphatic carbocycles. The number of carbonyl (C=O) groups excluding carboxylic acids is 1. The van der Waals surface area contributed by atoms with Gasteiger partial charge in [-0.05, 0) is 28.5 Å². The van der Waals surface area contributed by atoms with Crippen LogP contribution in [-0.2, 0) is 21.6 Å². The first kappa shape index (κ1) is 20.3. The normalized spacial score (nSPS) is 21.9. The minimum atomic E-state index is -1.72. The van der Waals surface area contributed by atoms with Crippen molar-refractivity contribution in [2.45, 2.75) is 24.5 Å². The first-order valence-electron chi connectivity index (χ1n) is 9.88. The number of benzene rings is 1. The lowest BCUT2D eigenvalue weighted by Gasteiger charge is -2.30. The van der Waals surface area contributed by atoms with Gasteiger partial charge in [-0.3, -0.25) is 0 Å². The summed E-state index contributed by atoms with van der Waals surface area (Å²) in [7, 11) is 2.22. The number of hydrogen-bond donors (Lipinski definition) is 1. The Balaban J connectivity index is 1.43. The van der Waals surface area contributed by atoms with Crippen molar-refractivity contribution >= 4 is 28.6 Å². The van der Waals surface area contributed by atoms with Gasteiger partial charge in [0.05, 0.1) is 29.9 Å². The molecule has 4 rings (SSSR count). The van der Waals surface area contributed by atoms with Gasteiger partial charge in [-0.15, -0.1) is 22.7 Å². The molecule has 152 valence electrons. The van der Waals surface area contributed by atoms with Gasteiger partial charge in [0.1, 0.15) is 6.54 Å². The van der Waals surface area contributed by atoms with Crippen molar-refractivity contribution in [3.8, 4) is 0 Å². The molecule has 4 nitrogen and oxygen atoms in total. The van der Waals surface area contributed by atoms with Gasteiger partial charge in [-0.25, -0.2) is 4.79 Å². The second-order valence-corrected chi connectivity index (χ2v) is 9.86. The van der Waals surface area contributed by atoms with Crippen LogP contribution in [0.1, 0.15) is 21.7 Å². The van der Waals surface area contributed by atoms with Crippen LogP contribution in [0.25, 0.3) is 0 Å². The van der Waals surface area contributed by atoms with Gasteiger partial charge in [0, 0.05) is 12.8 Å². The van der Waals surface area contributed by atoms with Crippen LogP contribution >= 0.6 is 22.7 Å². The Morgan fingerprint density at radius 1 is 1.10 bits per heavy atom. The molecule has 1 aliphatic rings. The highest BCUT2D eigenvalue weighted by Gasteiger charge is 2.46. The summed E-state index contributed by atoms with van der Waals surface area (Å²) in [6.45, 7) is 2.77. The quantitative estimate of drug-likeness (QED) is 0.456. The number of likely N-dealkylation sites (tertiary alicyclic amines) is 1. The number of aliphatic hydroxyl groups is 1. The molecule has 6 heteroatoms. The van der Waals surface area contributed by atoms with Gasteiger partial charge in [-0.1, -0.05) is 42.5 Å². The molecule has 0 radical (unpaired) electrons. The van der Waals surface area contributed by atoms with E-state index in [1.807, 2.05) is 29.0 Å². The minimum absolute atomic E-state index is 0.172. The van der Waals surface area contributed by atoms with E-state index in [0.717, 1.165) is 37.0 Å². The molecule has 2 unspecified atom stereocenters. The summed E-state index contributed by atoms with van der Waals surface area (Å²) in [6, 6.07) is 17.8. The summed E-state index contributed by atoms with van der Waals surface area (Å²) >= 11 is 2.74. The van der Waals surface area contributed by atoms with Crippen molar-refractivity contribution in [3.63, 3.8) is 0 Å². The first-order valence-corrected chi connectivity index (χ1v) is 11.6. The zero-order valence-corrected chi connectivity index (χ0v) is 18.1. The van der Waals surface area contributed by atoms with Crippen LogP contribution in [0.15, 0.2) is 65.4 Å². The van der Waals surface area contributed by atoms with Crippen molar-refractivity contribution in [1.29, 1.82) is 0 Å². The highest BCUT2D eigenvalue weighted by Crippen LogP contribution is 2.37. The average Bonchev–Trinajstić information content (AvgIpc) is 3.49. The molecule has 2 atom stereocenters. The maximum Gasteiger partial charge on any atom is 0.349 e. The molecule has 0 bridgehead atoms. The fourth-order valence-electron chi connectivity index (χ4n) is 4.00. The minimum Gasteiger partial charge on any atom is -0.453 e. The van der Waals surface area contributed by atoms with Crippen molar-refractivity contribution in [2.24, 2.45) is 0 Å². The molecule has 0 saturated carbocycles. The average molecular weight is 429 g/mol. The van der Waals surface area contributed by atoms with E-state index in [0.29, 0.717) is 9.75 Å². The summed E-state index contributed by atoms with van der Waals surface area (Å²) in [4.78, 5) is 14.3. The summed E-state index contributed by atoms with van der Waals surface area (Å²) < 4.78 is 6.76. The molecule has 1 saturated heterocycles. The molecule has 0 spiro atoms. The van der Waals surface area contributed by atoms with Crippen LogP contribution in [0.5, 0.6) is 0 Å². The molecular weight excluding hydrogens is 402 g/mol. The zero-order valence-electron chi connectivity index (χ0n) is 16.5. The third-order valence-corrected chi connectivity index (χ3v) is 7.70. The lowest BCUT2D eigenvalue weighted by Crippen LogP contribution is -2.45. The molecule has 3 aromatic rings. The van der Waals surface area contributed by atoms with Crippen LogP contribution < -0.4 is 0 Å². The number of thiophene rings is 2. The van der Waals surface area contributed by atoms with Crippen molar-refractivity contribution in [1.82, 2.24) is 0 Å². The van der Waals surface area contributed by atoms with E-state index in [2.05, 4.69) is 31.3 Å². The highest BCUT2D eigenvalue weighted by molar-refractivity contribution is 7.12. The summed E-state index contributed by atoms with van der Waals surface area (Å²) in [6.07, 6.45) is 1.66. The maximum absolute atomic E-state index is 13.1. The summed E-state index contributed by atoms with van der Waals surface area (Å²) in [5.41, 5.74) is -0.393. The predicted molar refractivity (Wildman–Crippen MR) is 117 cm³/mol. The standard InChI is InChI=1S/C23H26NO3S2/c1-24(13-11-18-7-3-2-4-8-18)14-12-19(17-24)27-22(25)23(26,20-9-5-15-28-20)21-10-6-16-29-21/h2-10,15-16,19,26H,11-14,17H2,1H3/q+1. The molecule has 1 aromatic carbocycles. The molecule has 1 N–H and O–H groups in total. The molecule has 1 fully saturated rings. The number of rotatable bonds is 7. The van der Waals surface area contributed by atoms with E-state index in [4.69, 9.17) is 4.74 Å². The van der Waals surface area contributed by atoms with Crippen molar-refractivity contribution in [3.05, 3.63) is 80.7 Å². The number of hydrogen-bond acceptors (Lipinski definition) is 5. The fraction of sp³-hybridized carbons (Fsp3) is 0.348. The smallest absolute Gasteiger partial charge is 0.349 e. The summed E-state index contributed by atoms with van der Waals surface area (Å²) in [5.74, 6) is -0.566. The van der Waals surface area contributed by atoms with E-state index in [9.17, 15) is 9.90 Å². The van der Waals surface area contributed by atoms with Gasteiger partial charge in [0.25, 0.3) is 0 Å². The van der Waals surface area contributed by atoms with E-state index in [1.165, 1.54) is 28.2 Å². The molecule has 29 heavy (non-hydrogen) atoms. The molecular formula is C23H26NO3S2+.